The lowest BCUT2D eigenvalue weighted by Crippen LogP contribution is -2.14. The van der Waals surface area contributed by atoms with Gasteiger partial charge in [-0.1, -0.05) is 20.8 Å². The van der Waals surface area contributed by atoms with E-state index in [2.05, 4.69) is 38.5 Å². The van der Waals surface area contributed by atoms with E-state index in [1.165, 1.54) is 5.56 Å². The average molecular weight is 184 g/mol. The summed E-state index contributed by atoms with van der Waals surface area (Å²) in [6.45, 7) is 6.51. The molecule has 0 aromatic carbocycles. The first-order valence-electron chi connectivity index (χ1n) is 4.09. The van der Waals surface area contributed by atoms with Gasteiger partial charge in [-0.3, -0.25) is 4.68 Å². The van der Waals surface area contributed by atoms with Crippen LogP contribution in [0.25, 0.3) is 0 Å². The third-order valence-electron chi connectivity index (χ3n) is 1.79. The molecular formula is C9H16N2S. The van der Waals surface area contributed by atoms with E-state index in [0.717, 1.165) is 11.4 Å². The summed E-state index contributed by atoms with van der Waals surface area (Å²) in [6, 6.07) is 0. The first kappa shape index (κ1) is 9.65. The number of aromatic nitrogens is 2. The molecule has 1 heterocycles. The minimum atomic E-state index is 0.124. The quantitative estimate of drug-likeness (QED) is 0.662. The van der Waals surface area contributed by atoms with Crippen LogP contribution in [0.3, 0.4) is 0 Å². The van der Waals surface area contributed by atoms with E-state index in [-0.39, 0.29) is 5.41 Å². The van der Waals surface area contributed by atoms with Crippen molar-refractivity contribution in [2.75, 3.05) is 0 Å². The zero-order valence-corrected chi connectivity index (χ0v) is 9.02. The second kappa shape index (κ2) is 3.13. The molecule has 0 amide bonds. The molecule has 1 aromatic heterocycles. The molecule has 0 fully saturated rings. The molecule has 1 aromatic rings. The highest BCUT2D eigenvalue weighted by Gasteiger charge is 2.20. The van der Waals surface area contributed by atoms with Gasteiger partial charge < -0.3 is 0 Å². The molecule has 0 N–H and O–H groups in total. The minimum absolute atomic E-state index is 0.124. The van der Waals surface area contributed by atoms with Crippen LogP contribution in [0.4, 0.5) is 0 Å². The summed E-state index contributed by atoms with van der Waals surface area (Å²) in [4.78, 5) is 0. The molecule has 0 saturated carbocycles. The predicted octanol–water partition coefficient (Wildman–Crippen LogP) is 2.15. The van der Waals surface area contributed by atoms with Crippen molar-refractivity contribution >= 4 is 12.6 Å². The predicted molar refractivity (Wildman–Crippen MR) is 54.6 cm³/mol. The minimum Gasteiger partial charge on any atom is -0.275 e. The van der Waals surface area contributed by atoms with Crippen LogP contribution in [0.1, 0.15) is 32.0 Å². The van der Waals surface area contributed by atoms with Crippen LogP contribution in [0.15, 0.2) is 6.20 Å². The lowest BCUT2D eigenvalue weighted by Gasteiger charge is -2.16. The molecule has 1 rings (SSSR count). The maximum atomic E-state index is 4.42. The smallest absolute Gasteiger partial charge is 0.0718 e. The van der Waals surface area contributed by atoms with E-state index in [9.17, 15) is 0 Å². The zero-order chi connectivity index (χ0) is 9.35. The Hall–Kier alpha value is -0.440. The third kappa shape index (κ3) is 1.83. The Balaban J connectivity index is 3.13. The van der Waals surface area contributed by atoms with Crippen molar-refractivity contribution in [1.82, 2.24) is 9.78 Å². The highest BCUT2D eigenvalue weighted by Crippen LogP contribution is 2.24. The Kier molecular flexibility index (Phi) is 2.52. The van der Waals surface area contributed by atoms with Crippen LogP contribution >= 0.6 is 12.6 Å². The van der Waals surface area contributed by atoms with Crippen molar-refractivity contribution < 1.29 is 0 Å². The molecule has 0 radical (unpaired) electrons. The lowest BCUT2D eigenvalue weighted by atomic mass is 9.90. The fourth-order valence-corrected chi connectivity index (χ4v) is 1.52. The second-order valence-corrected chi connectivity index (χ2v) is 4.40. The highest BCUT2D eigenvalue weighted by molar-refractivity contribution is 7.79. The van der Waals surface area contributed by atoms with Gasteiger partial charge in [0.1, 0.15) is 0 Å². The van der Waals surface area contributed by atoms with E-state index >= 15 is 0 Å². The highest BCUT2D eigenvalue weighted by atomic mass is 32.1. The standard InChI is InChI=1S/C9H16N2S/c1-9(2,3)8-7(6-12)5-11(4)10-8/h5,12H,6H2,1-4H3. The maximum absolute atomic E-state index is 4.42. The van der Waals surface area contributed by atoms with Gasteiger partial charge in [0.25, 0.3) is 0 Å². The summed E-state index contributed by atoms with van der Waals surface area (Å²) in [5.41, 5.74) is 2.51. The summed E-state index contributed by atoms with van der Waals surface area (Å²) in [5.74, 6) is 0.764. The molecule has 0 spiro atoms. The third-order valence-corrected chi connectivity index (χ3v) is 2.13. The van der Waals surface area contributed by atoms with Gasteiger partial charge in [-0.05, 0) is 0 Å². The zero-order valence-electron chi connectivity index (χ0n) is 8.13. The Morgan fingerprint density at radius 2 is 2.08 bits per heavy atom. The van der Waals surface area contributed by atoms with Crippen molar-refractivity contribution in [3.8, 4) is 0 Å². The van der Waals surface area contributed by atoms with Gasteiger partial charge in [0, 0.05) is 30.0 Å². The van der Waals surface area contributed by atoms with Crippen molar-refractivity contribution in [2.45, 2.75) is 31.9 Å². The normalized spacial score (nSPS) is 12.1. The van der Waals surface area contributed by atoms with Crippen molar-refractivity contribution in [3.63, 3.8) is 0 Å². The molecule has 2 nitrogen and oxygen atoms in total. The molecule has 68 valence electrons. The van der Waals surface area contributed by atoms with Gasteiger partial charge in [0.2, 0.25) is 0 Å². The van der Waals surface area contributed by atoms with Crippen LogP contribution < -0.4 is 0 Å². The van der Waals surface area contributed by atoms with Gasteiger partial charge in [-0.15, -0.1) is 0 Å². The summed E-state index contributed by atoms with van der Waals surface area (Å²) in [7, 11) is 1.95. The van der Waals surface area contributed by atoms with E-state index in [4.69, 9.17) is 0 Å². The summed E-state index contributed by atoms with van der Waals surface area (Å²) >= 11 is 4.27. The largest absolute Gasteiger partial charge is 0.275 e. The number of rotatable bonds is 1. The second-order valence-electron chi connectivity index (χ2n) is 4.08. The van der Waals surface area contributed by atoms with Gasteiger partial charge >= 0.3 is 0 Å². The summed E-state index contributed by atoms with van der Waals surface area (Å²) in [5, 5.41) is 4.42. The fraction of sp³-hybridized carbons (Fsp3) is 0.667. The molecule has 0 atom stereocenters. The molecule has 0 aliphatic rings. The van der Waals surface area contributed by atoms with E-state index in [1.54, 1.807) is 0 Å². The number of nitrogens with zero attached hydrogens (tertiary/aromatic N) is 2. The van der Waals surface area contributed by atoms with E-state index in [1.807, 2.05) is 17.9 Å². The van der Waals surface area contributed by atoms with Crippen LogP contribution in [0.5, 0.6) is 0 Å². The number of thiol groups is 1. The lowest BCUT2D eigenvalue weighted by molar-refractivity contribution is 0.550. The van der Waals surface area contributed by atoms with Crippen LogP contribution in [-0.2, 0) is 18.2 Å². The van der Waals surface area contributed by atoms with Crippen molar-refractivity contribution in [3.05, 3.63) is 17.5 Å². The van der Waals surface area contributed by atoms with E-state index in [0.29, 0.717) is 0 Å². The van der Waals surface area contributed by atoms with Crippen LogP contribution in [0, 0.1) is 0 Å². The number of hydrogen-bond donors (Lipinski definition) is 1. The molecule has 0 unspecified atom stereocenters. The molecule has 0 saturated heterocycles. The number of aryl methyl sites for hydroxylation is 1. The first-order chi connectivity index (χ1) is 5.45. The monoisotopic (exact) mass is 184 g/mol. The van der Waals surface area contributed by atoms with Crippen LogP contribution in [0.2, 0.25) is 0 Å². The van der Waals surface area contributed by atoms with Gasteiger partial charge in [0.05, 0.1) is 5.69 Å². The van der Waals surface area contributed by atoms with Crippen LogP contribution in [-0.4, -0.2) is 9.78 Å². The van der Waals surface area contributed by atoms with Gasteiger partial charge in [-0.25, -0.2) is 0 Å². The maximum Gasteiger partial charge on any atom is 0.0718 e. The SMILES string of the molecule is Cn1cc(CS)c(C(C)(C)C)n1. The van der Waals surface area contributed by atoms with E-state index < -0.39 is 0 Å². The molecule has 3 heteroatoms. The Labute approximate surface area is 79.4 Å². The molecule has 12 heavy (non-hydrogen) atoms. The fourth-order valence-electron chi connectivity index (χ4n) is 1.28. The Morgan fingerprint density at radius 1 is 1.50 bits per heavy atom. The number of hydrogen-bond acceptors (Lipinski definition) is 2. The van der Waals surface area contributed by atoms with Crippen molar-refractivity contribution in [1.29, 1.82) is 0 Å². The molecule has 0 aliphatic carbocycles. The van der Waals surface area contributed by atoms with Crippen molar-refractivity contribution in [2.24, 2.45) is 7.05 Å². The molecule has 0 bridgehead atoms. The molecule has 0 aliphatic heterocycles. The summed E-state index contributed by atoms with van der Waals surface area (Å²) < 4.78 is 1.85. The Morgan fingerprint density at radius 3 is 2.42 bits per heavy atom. The Bertz CT molecular complexity index is 271. The average Bonchev–Trinajstić information content (AvgIpc) is 2.29. The van der Waals surface area contributed by atoms with Gasteiger partial charge in [-0.2, -0.15) is 17.7 Å². The summed E-state index contributed by atoms with van der Waals surface area (Å²) in [6.07, 6.45) is 2.04. The van der Waals surface area contributed by atoms with Gasteiger partial charge in [0.15, 0.2) is 0 Å². The topological polar surface area (TPSA) is 17.8 Å². The molecular weight excluding hydrogens is 168 g/mol. The first-order valence-corrected chi connectivity index (χ1v) is 4.72.